The summed E-state index contributed by atoms with van der Waals surface area (Å²) < 4.78 is 0. The van der Waals surface area contributed by atoms with Crippen LogP contribution in [-0.4, -0.2) is 15.1 Å². The highest BCUT2D eigenvalue weighted by Crippen LogP contribution is 2.32. The van der Waals surface area contributed by atoms with Gasteiger partial charge in [0.2, 0.25) is 0 Å². The van der Waals surface area contributed by atoms with E-state index in [9.17, 15) is 10.1 Å². The normalized spacial score (nSPS) is 9.95. The first-order valence-corrected chi connectivity index (χ1v) is 5.47. The van der Waals surface area contributed by atoms with Gasteiger partial charge in [-0.15, -0.1) is 0 Å². The molecule has 0 bridgehead atoms. The number of hydrogen-bond acceptors (Lipinski definition) is 7. The number of nitrogens with two attached hydrogens (primary N) is 1. The third-order valence-corrected chi connectivity index (χ3v) is 2.46. The molecule has 98 valence electrons. The van der Waals surface area contributed by atoms with Gasteiger partial charge in [0.25, 0.3) is 0 Å². The molecule has 0 aliphatic rings. The summed E-state index contributed by atoms with van der Waals surface area (Å²) in [4.78, 5) is 10.6. The Morgan fingerprint density at radius 2 is 2.05 bits per heavy atom. The number of nitrogens with one attached hydrogen (secondary N) is 2. The van der Waals surface area contributed by atoms with Gasteiger partial charge in [0.1, 0.15) is 11.4 Å². The monoisotopic (exact) mass is 260 g/mol. The molecule has 0 spiro atoms. The van der Waals surface area contributed by atoms with Crippen molar-refractivity contribution in [2.75, 3.05) is 10.7 Å². The van der Waals surface area contributed by atoms with Crippen LogP contribution in [0.15, 0.2) is 36.5 Å². The molecule has 0 aliphatic heterocycles. The van der Waals surface area contributed by atoms with Crippen molar-refractivity contribution in [3.63, 3.8) is 0 Å². The Morgan fingerprint density at radius 1 is 1.26 bits per heavy atom. The molecule has 1 aromatic carbocycles. The zero-order chi connectivity index (χ0) is 13.7. The number of hydrogen-bond donors (Lipinski definition) is 3. The Hall–Kier alpha value is -2.74. The van der Waals surface area contributed by atoms with Crippen molar-refractivity contribution in [3.05, 3.63) is 52.3 Å². The highest BCUT2D eigenvalue weighted by Gasteiger charge is 2.18. The van der Waals surface area contributed by atoms with E-state index in [2.05, 4.69) is 20.9 Å². The third-order valence-electron chi connectivity index (χ3n) is 2.46. The van der Waals surface area contributed by atoms with Crippen LogP contribution >= 0.6 is 0 Å². The average molecular weight is 260 g/mol. The molecule has 0 fully saturated rings. The number of rotatable bonds is 5. The number of benzene rings is 1. The van der Waals surface area contributed by atoms with Gasteiger partial charge in [-0.05, 0) is 24.3 Å². The van der Waals surface area contributed by atoms with Gasteiger partial charge >= 0.3 is 5.69 Å². The molecule has 0 radical (unpaired) electrons. The summed E-state index contributed by atoms with van der Waals surface area (Å²) >= 11 is 0. The minimum atomic E-state index is -0.492. The van der Waals surface area contributed by atoms with E-state index in [0.29, 0.717) is 17.9 Å². The van der Waals surface area contributed by atoms with E-state index in [4.69, 9.17) is 5.84 Å². The molecule has 0 amide bonds. The first kappa shape index (κ1) is 12.7. The van der Waals surface area contributed by atoms with Crippen LogP contribution < -0.4 is 16.6 Å². The molecule has 19 heavy (non-hydrogen) atoms. The lowest BCUT2D eigenvalue weighted by molar-refractivity contribution is -0.383. The molecule has 0 aliphatic carbocycles. The minimum Gasteiger partial charge on any atom is -0.374 e. The second kappa shape index (κ2) is 5.74. The van der Waals surface area contributed by atoms with E-state index in [1.54, 1.807) is 30.5 Å². The Kier molecular flexibility index (Phi) is 3.84. The van der Waals surface area contributed by atoms with Crippen molar-refractivity contribution in [1.82, 2.24) is 10.2 Å². The first-order valence-electron chi connectivity index (χ1n) is 5.47. The largest absolute Gasteiger partial charge is 0.374 e. The molecule has 1 heterocycles. The van der Waals surface area contributed by atoms with Gasteiger partial charge in [-0.25, -0.2) is 0 Å². The van der Waals surface area contributed by atoms with E-state index < -0.39 is 4.92 Å². The molecule has 0 saturated carbocycles. The zero-order valence-corrected chi connectivity index (χ0v) is 9.91. The summed E-state index contributed by atoms with van der Waals surface area (Å²) in [5.41, 5.74) is 3.50. The van der Waals surface area contributed by atoms with Gasteiger partial charge in [0, 0.05) is 6.20 Å². The van der Waals surface area contributed by atoms with E-state index in [-0.39, 0.29) is 11.4 Å². The van der Waals surface area contributed by atoms with Gasteiger partial charge in [-0.3, -0.25) is 16.0 Å². The fraction of sp³-hybridized carbons (Fsp3) is 0.0909. The molecule has 2 rings (SSSR count). The number of anilines is 2. The van der Waals surface area contributed by atoms with Gasteiger partial charge < -0.3 is 10.7 Å². The Bertz CT molecular complexity index is 575. The van der Waals surface area contributed by atoms with Gasteiger partial charge in [-0.2, -0.15) is 10.2 Å². The quantitative estimate of drug-likeness (QED) is 0.421. The summed E-state index contributed by atoms with van der Waals surface area (Å²) in [5.74, 6) is 5.26. The Balaban J connectivity index is 2.23. The van der Waals surface area contributed by atoms with E-state index in [1.165, 1.54) is 6.07 Å². The molecule has 8 nitrogen and oxygen atoms in total. The van der Waals surface area contributed by atoms with Crippen molar-refractivity contribution in [2.45, 2.75) is 6.54 Å². The van der Waals surface area contributed by atoms with Gasteiger partial charge in [-0.1, -0.05) is 6.07 Å². The fourth-order valence-corrected chi connectivity index (χ4v) is 1.61. The maximum absolute atomic E-state index is 11.1. The SMILES string of the molecule is NNc1cccc(NCc2cccnn2)c1[N+](=O)[O-]. The lowest BCUT2D eigenvalue weighted by atomic mass is 10.2. The predicted molar refractivity (Wildman–Crippen MR) is 70.3 cm³/mol. The molecular formula is C11H12N6O2. The second-order valence-electron chi connectivity index (χ2n) is 3.67. The lowest BCUT2D eigenvalue weighted by Crippen LogP contribution is -2.11. The van der Waals surface area contributed by atoms with Crippen LogP contribution in [0.25, 0.3) is 0 Å². The third kappa shape index (κ3) is 2.93. The molecular weight excluding hydrogens is 248 g/mol. The number of nitro groups is 1. The zero-order valence-electron chi connectivity index (χ0n) is 9.91. The molecule has 4 N–H and O–H groups in total. The number of para-hydroxylation sites is 1. The van der Waals surface area contributed by atoms with Crippen LogP contribution in [0.2, 0.25) is 0 Å². The van der Waals surface area contributed by atoms with Crippen LogP contribution in [0.4, 0.5) is 17.1 Å². The van der Waals surface area contributed by atoms with Gasteiger partial charge in [0.05, 0.1) is 17.2 Å². The summed E-state index contributed by atoms with van der Waals surface area (Å²) in [6, 6.07) is 8.33. The molecule has 2 aromatic rings. The number of hydrazine groups is 1. The molecule has 1 aromatic heterocycles. The smallest absolute Gasteiger partial charge is 0.316 e. The predicted octanol–water partition coefficient (Wildman–Crippen LogP) is 1.28. The average Bonchev–Trinajstić information content (AvgIpc) is 2.45. The van der Waals surface area contributed by atoms with Crippen LogP contribution in [-0.2, 0) is 6.54 Å². The summed E-state index contributed by atoms with van der Waals surface area (Å²) in [7, 11) is 0. The first-order chi connectivity index (χ1) is 9.22. The topological polar surface area (TPSA) is 119 Å². The lowest BCUT2D eigenvalue weighted by Gasteiger charge is -2.09. The summed E-state index contributed by atoms with van der Waals surface area (Å²) in [5, 5.41) is 21.6. The summed E-state index contributed by atoms with van der Waals surface area (Å²) in [6.07, 6.45) is 1.56. The van der Waals surface area contributed by atoms with Gasteiger partial charge in [0.15, 0.2) is 0 Å². The van der Waals surface area contributed by atoms with Crippen molar-refractivity contribution in [1.29, 1.82) is 0 Å². The number of nitrogens with zero attached hydrogens (tertiary/aromatic N) is 3. The van der Waals surface area contributed by atoms with Crippen LogP contribution in [0.3, 0.4) is 0 Å². The van der Waals surface area contributed by atoms with E-state index >= 15 is 0 Å². The summed E-state index contributed by atoms with van der Waals surface area (Å²) in [6.45, 7) is 0.336. The van der Waals surface area contributed by atoms with Crippen molar-refractivity contribution < 1.29 is 4.92 Å². The van der Waals surface area contributed by atoms with Crippen molar-refractivity contribution >= 4 is 17.1 Å². The van der Waals surface area contributed by atoms with E-state index in [1.807, 2.05) is 0 Å². The molecule has 0 saturated heterocycles. The number of aromatic nitrogens is 2. The number of nitro benzene ring substituents is 1. The maximum Gasteiger partial charge on any atom is 0.316 e. The van der Waals surface area contributed by atoms with Crippen LogP contribution in [0, 0.1) is 10.1 Å². The fourth-order valence-electron chi connectivity index (χ4n) is 1.61. The van der Waals surface area contributed by atoms with E-state index in [0.717, 1.165) is 0 Å². The molecule has 8 heteroatoms. The highest BCUT2D eigenvalue weighted by molar-refractivity contribution is 5.75. The second-order valence-corrected chi connectivity index (χ2v) is 3.67. The minimum absolute atomic E-state index is 0.103. The number of nitrogen functional groups attached to an aromatic ring is 1. The molecule has 0 atom stereocenters. The van der Waals surface area contributed by atoms with Crippen LogP contribution in [0.5, 0.6) is 0 Å². The standard InChI is InChI=1S/C11H12N6O2/c12-15-10-5-1-4-9(11(10)17(18)19)13-7-8-3-2-6-14-16-8/h1-6,13,15H,7,12H2. The Labute approximate surface area is 108 Å². The van der Waals surface area contributed by atoms with Crippen LogP contribution in [0.1, 0.15) is 5.69 Å². The highest BCUT2D eigenvalue weighted by atomic mass is 16.6. The van der Waals surface area contributed by atoms with Crippen molar-refractivity contribution in [3.8, 4) is 0 Å². The van der Waals surface area contributed by atoms with Crippen molar-refractivity contribution in [2.24, 2.45) is 5.84 Å². The maximum atomic E-state index is 11.1. The Morgan fingerprint density at radius 3 is 2.68 bits per heavy atom. The molecule has 0 unspecified atom stereocenters.